The number of hydrogen-bond acceptors (Lipinski definition) is 6. The van der Waals surface area contributed by atoms with Crippen molar-refractivity contribution < 1.29 is 27.1 Å². The number of anilines is 2. The Hall–Kier alpha value is -3.38. The quantitative estimate of drug-likeness (QED) is 0.445. The third-order valence-corrected chi connectivity index (χ3v) is 7.23. The summed E-state index contributed by atoms with van der Waals surface area (Å²) in [5.41, 5.74) is 0.620. The third kappa shape index (κ3) is 4.16. The fourth-order valence-electron chi connectivity index (χ4n) is 5.46. The van der Waals surface area contributed by atoms with Crippen molar-refractivity contribution in [2.24, 2.45) is 5.92 Å². The molecule has 186 valence electrons. The van der Waals surface area contributed by atoms with E-state index in [4.69, 9.17) is 4.74 Å². The zero-order valence-electron chi connectivity index (χ0n) is 18.5. The van der Waals surface area contributed by atoms with Gasteiger partial charge in [0.15, 0.2) is 11.6 Å². The standard InChI is InChI=1S/C22H23F4N7O2/c23-18-13(1-2-16(18)35-20(34)29-21-7-11(8-21)9-21)14-6-17(31-30-14)28-19-15-5-12(10-22(24,25)26)32-33(15)4-3-27-19/h3-6,11,13,16,18H,1-2,7-10H2,(H,29,34)(H2,27,28,30,31)/t11?,13-,16-,18+,21?/m1/s1. The predicted molar refractivity (Wildman–Crippen MR) is 115 cm³/mol. The van der Waals surface area contributed by atoms with Crippen molar-refractivity contribution in [2.45, 2.75) is 68.4 Å². The highest BCUT2D eigenvalue weighted by atomic mass is 19.4. The lowest BCUT2D eigenvalue weighted by molar-refractivity contribution is -0.127. The first-order valence-corrected chi connectivity index (χ1v) is 11.5. The number of carbonyl (C=O) groups excluding carboxylic acids is 1. The Morgan fingerprint density at radius 3 is 2.77 bits per heavy atom. The van der Waals surface area contributed by atoms with E-state index in [-0.39, 0.29) is 17.1 Å². The molecule has 2 bridgehead atoms. The summed E-state index contributed by atoms with van der Waals surface area (Å²) in [6, 6.07) is 2.94. The molecule has 1 amide bonds. The fourth-order valence-corrected chi connectivity index (χ4v) is 5.46. The van der Waals surface area contributed by atoms with Gasteiger partial charge in [0.25, 0.3) is 0 Å². The van der Waals surface area contributed by atoms with Crippen LogP contribution in [-0.4, -0.2) is 54.9 Å². The lowest BCUT2D eigenvalue weighted by atomic mass is 9.50. The van der Waals surface area contributed by atoms with Gasteiger partial charge in [-0.25, -0.2) is 18.7 Å². The van der Waals surface area contributed by atoms with Gasteiger partial charge in [-0.3, -0.25) is 5.10 Å². The molecule has 3 aromatic rings. The van der Waals surface area contributed by atoms with E-state index in [0.717, 1.165) is 19.3 Å². The Morgan fingerprint density at radius 1 is 1.26 bits per heavy atom. The molecule has 4 saturated carbocycles. The predicted octanol–water partition coefficient (Wildman–Crippen LogP) is 4.16. The molecular weight excluding hydrogens is 470 g/mol. The van der Waals surface area contributed by atoms with Gasteiger partial charge in [-0.1, -0.05) is 0 Å². The molecule has 0 aliphatic heterocycles. The topological polar surface area (TPSA) is 109 Å². The molecule has 3 heterocycles. The van der Waals surface area contributed by atoms with E-state index >= 15 is 4.39 Å². The molecule has 7 rings (SSSR count). The molecule has 0 radical (unpaired) electrons. The zero-order valence-corrected chi connectivity index (χ0v) is 18.5. The van der Waals surface area contributed by atoms with Crippen LogP contribution in [-0.2, 0) is 11.2 Å². The minimum Gasteiger partial charge on any atom is -0.443 e. The van der Waals surface area contributed by atoms with E-state index in [1.54, 1.807) is 6.07 Å². The zero-order chi connectivity index (χ0) is 24.4. The van der Waals surface area contributed by atoms with Crippen LogP contribution < -0.4 is 10.6 Å². The number of fused-ring (bicyclic) bond motifs is 1. The molecule has 13 heteroatoms. The summed E-state index contributed by atoms with van der Waals surface area (Å²) in [6.45, 7) is 0. The summed E-state index contributed by atoms with van der Waals surface area (Å²) in [7, 11) is 0. The summed E-state index contributed by atoms with van der Waals surface area (Å²) >= 11 is 0. The van der Waals surface area contributed by atoms with Crippen LogP contribution >= 0.6 is 0 Å². The second kappa shape index (κ2) is 7.82. The summed E-state index contributed by atoms with van der Waals surface area (Å²) < 4.78 is 60.0. The van der Waals surface area contributed by atoms with Crippen LogP contribution in [0, 0.1) is 5.92 Å². The van der Waals surface area contributed by atoms with E-state index in [9.17, 15) is 18.0 Å². The van der Waals surface area contributed by atoms with Crippen molar-refractivity contribution in [1.29, 1.82) is 0 Å². The number of ether oxygens (including phenoxy) is 1. The molecule has 3 aromatic heterocycles. The van der Waals surface area contributed by atoms with Crippen molar-refractivity contribution in [3.63, 3.8) is 0 Å². The van der Waals surface area contributed by atoms with Gasteiger partial charge in [-0.2, -0.15) is 23.4 Å². The van der Waals surface area contributed by atoms with Crippen LogP contribution in [0.2, 0.25) is 0 Å². The molecule has 4 fully saturated rings. The normalized spacial score (nSPS) is 29.5. The largest absolute Gasteiger partial charge is 0.443 e. The molecule has 0 spiro atoms. The summed E-state index contributed by atoms with van der Waals surface area (Å²) in [5.74, 6) is 0.780. The minimum absolute atomic E-state index is 0.130. The maximum atomic E-state index is 15.1. The van der Waals surface area contributed by atoms with Gasteiger partial charge in [0.2, 0.25) is 0 Å². The molecule has 0 unspecified atom stereocenters. The molecule has 4 aliphatic rings. The number of alkyl halides is 4. The van der Waals surface area contributed by atoms with Crippen LogP contribution in [0.4, 0.5) is 34.0 Å². The molecule has 9 nitrogen and oxygen atoms in total. The number of nitrogens with one attached hydrogen (secondary N) is 3. The van der Waals surface area contributed by atoms with Crippen molar-refractivity contribution in [3.05, 3.63) is 35.9 Å². The second-order valence-corrected chi connectivity index (χ2v) is 9.82. The molecule has 35 heavy (non-hydrogen) atoms. The van der Waals surface area contributed by atoms with Gasteiger partial charge in [0.05, 0.1) is 12.1 Å². The number of aromatic nitrogens is 5. The Kier molecular flexibility index (Phi) is 4.94. The highest BCUT2D eigenvalue weighted by molar-refractivity contribution is 5.72. The summed E-state index contributed by atoms with van der Waals surface area (Å²) in [6.07, 6.45) is -1.65. The smallest absolute Gasteiger partial charge is 0.407 e. The number of amides is 1. The van der Waals surface area contributed by atoms with E-state index in [2.05, 4.69) is 30.9 Å². The lowest BCUT2D eigenvalue weighted by Crippen LogP contribution is -2.68. The van der Waals surface area contributed by atoms with Gasteiger partial charge in [0.1, 0.15) is 17.8 Å². The first kappa shape index (κ1) is 22.1. The maximum Gasteiger partial charge on any atom is 0.407 e. The number of hydrogen-bond donors (Lipinski definition) is 3. The molecule has 0 aromatic carbocycles. The van der Waals surface area contributed by atoms with Crippen molar-refractivity contribution in [3.8, 4) is 0 Å². The van der Waals surface area contributed by atoms with Gasteiger partial charge in [-0.15, -0.1) is 0 Å². The van der Waals surface area contributed by atoms with Crippen molar-refractivity contribution >= 4 is 23.2 Å². The average molecular weight is 493 g/mol. The van der Waals surface area contributed by atoms with E-state index in [1.165, 1.54) is 23.0 Å². The fraction of sp³-hybridized carbons (Fsp3) is 0.545. The average Bonchev–Trinajstić information content (AvgIpc) is 3.42. The number of aromatic amines is 1. The highest BCUT2D eigenvalue weighted by Crippen LogP contribution is 2.57. The van der Waals surface area contributed by atoms with Crippen LogP contribution in [0.3, 0.4) is 0 Å². The number of nitrogens with zero attached hydrogens (tertiary/aromatic N) is 4. The summed E-state index contributed by atoms with van der Waals surface area (Å²) in [4.78, 5) is 16.4. The van der Waals surface area contributed by atoms with E-state index < -0.39 is 36.9 Å². The van der Waals surface area contributed by atoms with Crippen LogP contribution in [0.25, 0.3) is 5.52 Å². The van der Waals surface area contributed by atoms with Crippen LogP contribution in [0.1, 0.15) is 49.4 Å². The number of H-pyrrole nitrogens is 1. The first-order valence-electron chi connectivity index (χ1n) is 11.5. The molecule has 3 N–H and O–H groups in total. The Bertz CT molecular complexity index is 1260. The van der Waals surface area contributed by atoms with Gasteiger partial charge >= 0.3 is 12.3 Å². The van der Waals surface area contributed by atoms with Crippen molar-refractivity contribution in [2.75, 3.05) is 5.32 Å². The van der Waals surface area contributed by atoms with Crippen molar-refractivity contribution in [1.82, 2.24) is 30.1 Å². The third-order valence-electron chi connectivity index (χ3n) is 7.23. The van der Waals surface area contributed by atoms with Gasteiger partial charge in [-0.05, 0) is 44.1 Å². The number of carbonyl (C=O) groups is 1. The Balaban J connectivity index is 1.11. The molecule has 0 saturated heterocycles. The maximum absolute atomic E-state index is 15.1. The molecule has 3 atom stereocenters. The Morgan fingerprint density at radius 2 is 2.06 bits per heavy atom. The minimum atomic E-state index is -4.38. The Labute approximate surface area is 196 Å². The molecular formula is C22H23F4N7O2. The molecule has 4 aliphatic carbocycles. The van der Waals surface area contributed by atoms with E-state index in [0.29, 0.717) is 35.8 Å². The summed E-state index contributed by atoms with van der Waals surface area (Å²) in [5, 5.41) is 16.7. The van der Waals surface area contributed by atoms with E-state index in [1.807, 2.05) is 0 Å². The van der Waals surface area contributed by atoms with Crippen LogP contribution in [0.5, 0.6) is 0 Å². The number of rotatable bonds is 6. The lowest BCUT2D eigenvalue weighted by Gasteiger charge is -2.61. The van der Waals surface area contributed by atoms with Gasteiger partial charge < -0.3 is 15.4 Å². The number of alkyl carbamates (subject to hydrolysis) is 1. The SMILES string of the molecule is O=C(NC12CC(C1)C2)O[C@@H]1CC[C@H](c2cc(Nc3nccn4nc(CC(F)(F)F)cc34)n[nH]2)[C@@H]1F. The highest BCUT2D eigenvalue weighted by Gasteiger charge is 2.58. The first-order chi connectivity index (χ1) is 16.7. The van der Waals surface area contributed by atoms with Crippen LogP contribution in [0.15, 0.2) is 24.5 Å². The van der Waals surface area contributed by atoms with Gasteiger partial charge in [0, 0.05) is 35.6 Å². The second-order valence-electron chi connectivity index (χ2n) is 9.82. The monoisotopic (exact) mass is 493 g/mol. The number of halogens is 4.